The minimum Gasteiger partial charge on any atom is -0.327 e. The van der Waals surface area contributed by atoms with Crippen LogP contribution >= 0.6 is 0 Å². The summed E-state index contributed by atoms with van der Waals surface area (Å²) in [6.07, 6.45) is 4.85. The van der Waals surface area contributed by atoms with Gasteiger partial charge in [-0.05, 0) is 31.1 Å². The van der Waals surface area contributed by atoms with Crippen molar-refractivity contribution in [3.63, 3.8) is 0 Å². The third-order valence-electron chi connectivity index (χ3n) is 4.23. The van der Waals surface area contributed by atoms with Crippen LogP contribution in [-0.4, -0.2) is 26.7 Å². The molecule has 92 valence electrons. The highest BCUT2D eigenvalue weighted by atomic mass is 16.2. The Morgan fingerprint density at radius 3 is 2.88 bits per heavy atom. The van der Waals surface area contributed by atoms with Crippen LogP contribution in [0, 0.1) is 17.8 Å². The van der Waals surface area contributed by atoms with E-state index in [0.717, 1.165) is 12.8 Å². The zero-order valence-electron chi connectivity index (χ0n) is 9.84. The lowest BCUT2D eigenvalue weighted by Gasteiger charge is -2.26. The Labute approximate surface area is 99.6 Å². The smallest absolute Gasteiger partial charge is 0.231 e. The molecule has 0 saturated heterocycles. The van der Waals surface area contributed by atoms with Gasteiger partial charge in [0.25, 0.3) is 0 Å². The predicted molar refractivity (Wildman–Crippen MR) is 61.9 cm³/mol. The summed E-state index contributed by atoms with van der Waals surface area (Å²) in [5.41, 5.74) is 6.13. The van der Waals surface area contributed by atoms with Gasteiger partial charge in [-0.3, -0.25) is 10.1 Å². The Kier molecular flexibility index (Phi) is 2.39. The number of hydrogen-bond acceptors (Lipinski definition) is 4. The number of rotatable bonds is 2. The van der Waals surface area contributed by atoms with E-state index in [2.05, 4.69) is 15.4 Å². The Morgan fingerprint density at radius 1 is 1.53 bits per heavy atom. The lowest BCUT2D eigenvalue weighted by molar-refractivity contribution is -0.121. The number of amides is 1. The number of hydrogen-bond donors (Lipinski definition) is 2. The van der Waals surface area contributed by atoms with Crippen LogP contribution < -0.4 is 11.1 Å². The quantitative estimate of drug-likeness (QED) is 0.762. The number of fused-ring (bicyclic) bond motifs is 2. The number of aromatic nitrogens is 3. The third kappa shape index (κ3) is 1.63. The van der Waals surface area contributed by atoms with E-state index >= 15 is 0 Å². The standard InChI is InChI=1S/C11H17N5O/c1-16-11(13-5-14-16)15-10(17)8-6-2-3-7(4-6)9(8)12/h5-9H,2-4,12H2,1H3,(H,13,14,15,17). The van der Waals surface area contributed by atoms with Gasteiger partial charge < -0.3 is 5.73 Å². The van der Waals surface area contributed by atoms with Crippen LogP contribution in [0.4, 0.5) is 5.95 Å². The fourth-order valence-corrected chi connectivity index (χ4v) is 3.33. The van der Waals surface area contributed by atoms with Gasteiger partial charge in [-0.1, -0.05) is 0 Å². The number of carbonyl (C=O) groups excluding carboxylic acids is 1. The Morgan fingerprint density at radius 2 is 2.29 bits per heavy atom. The molecule has 6 heteroatoms. The molecule has 1 aromatic heterocycles. The van der Waals surface area contributed by atoms with Crippen molar-refractivity contribution < 1.29 is 4.79 Å². The Balaban J connectivity index is 1.73. The summed E-state index contributed by atoms with van der Waals surface area (Å²) in [5.74, 6) is 1.44. The lowest BCUT2D eigenvalue weighted by atomic mass is 9.84. The zero-order valence-corrected chi connectivity index (χ0v) is 9.84. The van der Waals surface area contributed by atoms with Gasteiger partial charge in [0.2, 0.25) is 11.9 Å². The molecule has 1 heterocycles. The summed E-state index contributed by atoms with van der Waals surface area (Å²) >= 11 is 0. The van der Waals surface area contributed by atoms with Crippen LogP contribution in [0.1, 0.15) is 19.3 Å². The van der Waals surface area contributed by atoms with Gasteiger partial charge in [0.1, 0.15) is 6.33 Å². The summed E-state index contributed by atoms with van der Waals surface area (Å²) in [5, 5.41) is 6.74. The van der Waals surface area contributed by atoms with Crippen molar-refractivity contribution in [2.45, 2.75) is 25.3 Å². The SMILES string of the molecule is Cn1ncnc1NC(=O)C1C2CCC(C2)C1N. The van der Waals surface area contributed by atoms with Crippen LogP contribution in [0.5, 0.6) is 0 Å². The van der Waals surface area contributed by atoms with Crippen LogP contribution in [-0.2, 0) is 11.8 Å². The molecule has 4 atom stereocenters. The molecule has 2 bridgehead atoms. The van der Waals surface area contributed by atoms with Crippen molar-refractivity contribution in [3.8, 4) is 0 Å². The lowest BCUT2D eigenvalue weighted by Crippen LogP contribution is -2.42. The van der Waals surface area contributed by atoms with Crippen LogP contribution in [0.2, 0.25) is 0 Å². The molecule has 17 heavy (non-hydrogen) atoms. The predicted octanol–water partition coefficient (Wildman–Crippen LogP) is 0.127. The summed E-state index contributed by atoms with van der Waals surface area (Å²) in [7, 11) is 1.75. The normalized spacial score (nSPS) is 35.2. The van der Waals surface area contributed by atoms with Crippen molar-refractivity contribution in [2.24, 2.45) is 30.5 Å². The average molecular weight is 235 g/mol. The maximum Gasteiger partial charge on any atom is 0.231 e. The molecule has 0 spiro atoms. The van der Waals surface area contributed by atoms with E-state index < -0.39 is 0 Å². The maximum absolute atomic E-state index is 12.2. The van der Waals surface area contributed by atoms with Crippen LogP contribution in [0.15, 0.2) is 6.33 Å². The number of nitrogens with one attached hydrogen (secondary N) is 1. The summed E-state index contributed by atoms with van der Waals surface area (Å²) in [6, 6.07) is 0.0157. The van der Waals surface area contributed by atoms with Crippen LogP contribution in [0.25, 0.3) is 0 Å². The molecule has 0 radical (unpaired) electrons. The van der Waals surface area contributed by atoms with E-state index in [-0.39, 0.29) is 17.9 Å². The molecule has 3 rings (SSSR count). The Hall–Kier alpha value is -1.43. The highest BCUT2D eigenvalue weighted by Crippen LogP contribution is 2.47. The van der Waals surface area contributed by atoms with Gasteiger partial charge in [0, 0.05) is 13.1 Å². The van der Waals surface area contributed by atoms with Crippen LogP contribution in [0.3, 0.4) is 0 Å². The largest absolute Gasteiger partial charge is 0.327 e. The fourth-order valence-electron chi connectivity index (χ4n) is 3.33. The molecule has 2 aliphatic carbocycles. The molecule has 2 fully saturated rings. The number of aryl methyl sites for hydroxylation is 1. The highest BCUT2D eigenvalue weighted by Gasteiger charge is 2.49. The molecule has 1 amide bonds. The van der Waals surface area contributed by atoms with E-state index in [1.54, 1.807) is 11.7 Å². The van der Waals surface area contributed by atoms with Crippen molar-refractivity contribution in [1.29, 1.82) is 0 Å². The second-order valence-corrected chi connectivity index (χ2v) is 5.13. The van der Waals surface area contributed by atoms with E-state index in [9.17, 15) is 4.79 Å². The molecule has 0 aromatic carbocycles. The van der Waals surface area contributed by atoms with Gasteiger partial charge in [-0.15, -0.1) is 0 Å². The number of nitrogens with two attached hydrogens (primary N) is 1. The number of carbonyl (C=O) groups is 1. The van der Waals surface area contributed by atoms with Gasteiger partial charge in [-0.25, -0.2) is 4.68 Å². The van der Waals surface area contributed by atoms with Gasteiger partial charge >= 0.3 is 0 Å². The monoisotopic (exact) mass is 235 g/mol. The summed E-state index contributed by atoms with van der Waals surface area (Å²) in [4.78, 5) is 16.2. The number of nitrogens with zero attached hydrogens (tertiary/aromatic N) is 3. The molecule has 1 aromatic rings. The van der Waals surface area contributed by atoms with Crippen molar-refractivity contribution in [1.82, 2.24) is 14.8 Å². The minimum absolute atomic E-state index is 0.000741. The van der Waals surface area contributed by atoms with Gasteiger partial charge in [0.15, 0.2) is 0 Å². The van der Waals surface area contributed by atoms with E-state index in [1.165, 1.54) is 12.7 Å². The molecule has 4 unspecified atom stereocenters. The minimum atomic E-state index is -0.0505. The molecular formula is C11H17N5O. The van der Waals surface area contributed by atoms with E-state index in [4.69, 9.17) is 5.73 Å². The summed E-state index contributed by atoms with van der Waals surface area (Å²) in [6.45, 7) is 0. The molecule has 2 saturated carbocycles. The fraction of sp³-hybridized carbons (Fsp3) is 0.727. The van der Waals surface area contributed by atoms with Gasteiger partial charge in [-0.2, -0.15) is 10.1 Å². The second-order valence-electron chi connectivity index (χ2n) is 5.13. The Bertz CT molecular complexity index is 441. The second kappa shape index (κ2) is 3.80. The van der Waals surface area contributed by atoms with E-state index in [1.807, 2.05) is 0 Å². The topological polar surface area (TPSA) is 85.8 Å². The molecule has 6 nitrogen and oxygen atoms in total. The summed E-state index contributed by atoms with van der Waals surface area (Å²) < 4.78 is 1.55. The highest BCUT2D eigenvalue weighted by molar-refractivity contribution is 5.92. The first-order valence-electron chi connectivity index (χ1n) is 6.07. The molecule has 3 N–H and O–H groups in total. The first kappa shape index (κ1) is 10.7. The molecule has 2 aliphatic rings. The van der Waals surface area contributed by atoms with Gasteiger partial charge in [0.05, 0.1) is 5.92 Å². The first-order chi connectivity index (χ1) is 8.16. The molecule has 0 aliphatic heterocycles. The molecular weight excluding hydrogens is 218 g/mol. The van der Waals surface area contributed by atoms with E-state index in [0.29, 0.717) is 17.8 Å². The van der Waals surface area contributed by atoms with Crippen molar-refractivity contribution >= 4 is 11.9 Å². The zero-order chi connectivity index (χ0) is 12.0. The number of anilines is 1. The first-order valence-corrected chi connectivity index (χ1v) is 6.07. The van der Waals surface area contributed by atoms with Crippen molar-refractivity contribution in [3.05, 3.63) is 6.33 Å². The third-order valence-corrected chi connectivity index (χ3v) is 4.23. The van der Waals surface area contributed by atoms with Crippen molar-refractivity contribution in [2.75, 3.05) is 5.32 Å². The average Bonchev–Trinajstić information content (AvgIpc) is 2.95. The maximum atomic E-state index is 12.2.